The number of amides is 2. The Morgan fingerprint density at radius 1 is 1.25 bits per heavy atom. The molecule has 3 rings (SSSR count). The molecule has 0 saturated heterocycles. The van der Waals surface area contributed by atoms with Crippen molar-refractivity contribution in [2.75, 3.05) is 6.54 Å². The van der Waals surface area contributed by atoms with Gasteiger partial charge in [0, 0.05) is 19.3 Å². The molecule has 1 aliphatic rings. The first-order valence-corrected chi connectivity index (χ1v) is 8.31. The van der Waals surface area contributed by atoms with E-state index in [0.29, 0.717) is 18.9 Å². The highest BCUT2D eigenvalue weighted by atomic mass is 16.2. The van der Waals surface area contributed by atoms with Crippen molar-refractivity contribution in [3.63, 3.8) is 0 Å². The van der Waals surface area contributed by atoms with Crippen molar-refractivity contribution in [3.8, 4) is 5.82 Å². The van der Waals surface area contributed by atoms with Crippen LogP contribution in [0, 0.1) is 0 Å². The highest BCUT2D eigenvalue weighted by Crippen LogP contribution is 2.19. The number of pyridine rings is 1. The molecule has 1 aliphatic carbocycles. The molecule has 0 saturated carbocycles. The molecule has 0 aliphatic heterocycles. The van der Waals surface area contributed by atoms with Crippen LogP contribution in [0.15, 0.2) is 42.6 Å². The van der Waals surface area contributed by atoms with Crippen LogP contribution in [-0.2, 0) is 6.54 Å². The zero-order valence-corrected chi connectivity index (χ0v) is 13.6. The second kappa shape index (κ2) is 8.24. The third-order valence-electron chi connectivity index (χ3n) is 4.03. The van der Waals surface area contributed by atoms with Crippen LogP contribution in [0.5, 0.6) is 0 Å². The van der Waals surface area contributed by atoms with Gasteiger partial charge in [0.05, 0.1) is 0 Å². The van der Waals surface area contributed by atoms with Crippen LogP contribution in [0.4, 0.5) is 4.79 Å². The maximum atomic E-state index is 11.8. The van der Waals surface area contributed by atoms with Gasteiger partial charge in [0.2, 0.25) is 0 Å². The highest BCUT2D eigenvalue weighted by Gasteiger charge is 2.05. The van der Waals surface area contributed by atoms with Crippen molar-refractivity contribution < 1.29 is 4.79 Å². The summed E-state index contributed by atoms with van der Waals surface area (Å²) in [6, 6.07) is 3.61. The molecule has 0 bridgehead atoms. The molecule has 2 amide bonds. The lowest BCUT2D eigenvalue weighted by Crippen LogP contribution is -2.35. The van der Waals surface area contributed by atoms with Gasteiger partial charge in [-0.15, -0.1) is 0 Å². The van der Waals surface area contributed by atoms with E-state index in [0.717, 1.165) is 12.0 Å². The zero-order valence-electron chi connectivity index (χ0n) is 13.6. The number of urea groups is 1. The predicted octanol–water partition coefficient (Wildman–Crippen LogP) is 2.35. The molecule has 0 radical (unpaired) electrons. The molecule has 7 nitrogen and oxygen atoms in total. The quantitative estimate of drug-likeness (QED) is 0.798. The Morgan fingerprint density at radius 2 is 2.21 bits per heavy atom. The second-order valence-electron chi connectivity index (χ2n) is 5.83. The van der Waals surface area contributed by atoms with Crippen molar-refractivity contribution >= 4 is 6.03 Å². The van der Waals surface area contributed by atoms with Gasteiger partial charge in [-0.1, -0.05) is 17.7 Å². The van der Waals surface area contributed by atoms with Gasteiger partial charge in [0.25, 0.3) is 0 Å². The summed E-state index contributed by atoms with van der Waals surface area (Å²) in [7, 11) is 0. The van der Waals surface area contributed by atoms with E-state index < -0.39 is 0 Å². The molecule has 24 heavy (non-hydrogen) atoms. The van der Waals surface area contributed by atoms with Gasteiger partial charge in [-0.3, -0.25) is 0 Å². The van der Waals surface area contributed by atoms with Crippen LogP contribution >= 0.6 is 0 Å². The minimum Gasteiger partial charge on any atom is -0.338 e. The smallest absolute Gasteiger partial charge is 0.315 e. The molecule has 0 aromatic carbocycles. The summed E-state index contributed by atoms with van der Waals surface area (Å²) in [5.74, 6) is 0.696. The average molecular weight is 326 g/mol. The summed E-state index contributed by atoms with van der Waals surface area (Å²) < 4.78 is 1.59. The molecule has 0 unspecified atom stereocenters. The van der Waals surface area contributed by atoms with E-state index in [-0.39, 0.29) is 6.03 Å². The van der Waals surface area contributed by atoms with Gasteiger partial charge < -0.3 is 10.6 Å². The van der Waals surface area contributed by atoms with Crippen LogP contribution in [-0.4, -0.2) is 32.3 Å². The lowest BCUT2D eigenvalue weighted by molar-refractivity contribution is 0.240. The van der Waals surface area contributed by atoms with E-state index in [2.05, 4.69) is 31.8 Å². The number of rotatable bonds is 6. The number of carbonyl (C=O) groups is 1. The monoisotopic (exact) mass is 326 g/mol. The van der Waals surface area contributed by atoms with Crippen molar-refractivity contribution in [2.45, 2.75) is 38.6 Å². The Balaban J connectivity index is 1.38. The van der Waals surface area contributed by atoms with Gasteiger partial charge in [-0.05, 0) is 43.7 Å². The summed E-state index contributed by atoms with van der Waals surface area (Å²) in [6.45, 7) is 1.13. The molecule has 2 heterocycles. The van der Waals surface area contributed by atoms with Crippen molar-refractivity contribution in [3.05, 3.63) is 48.2 Å². The van der Waals surface area contributed by atoms with Crippen molar-refractivity contribution in [1.82, 2.24) is 30.4 Å². The Hall–Kier alpha value is -2.70. The maximum absolute atomic E-state index is 11.8. The minimum absolute atomic E-state index is 0.147. The number of nitrogens with zero attached hydrogens (tertiary/aromatic N) is 4. The summed E-state index contributed by atoms with van der Waals surface area (Å²) in [5, 5.41) is 9.77. The van der Waals surface area contributed by atoms with E-state index in [1.54, 1.807) is 17.2 Å². The number of nitrogens with one attached hydrogen (secondary N) is 2. The molecule has 2 aromatic rings. The minimum atomic E-state index is -0.147. The fraction of sp³-hybridized carbons (Fsp3) is 0.412. The third kappa shape index (κ3) is 4.65. The Bertz CT molecular complexity index is 678. The van der Waals surface area contributed by atoms with Gasteiger partial charge in [-0.2, -0.15) is 5.10 Å². The van der Waals surface area contributed by atoms with E-state index in [9.17, 15) is 4.79 Å². The van der Waals surface area contributed by atoms with Crippen LogP contribution in [0.2, 0.25) is 0 Å². The van der Waals surface area contributed by atoms with Crippen molar-refractivity contribution in [1.29, 1.82) is 0 Å². The molecule has 2 N–H and O–H groups in total. The predicted molar refractivity (Wildman–Crippen MR) is 90.6 cm³/mol. The molecule has 0 spiro atoms. The van der Waals surface area contributed by atoms with Crippen LogP contribution < -0.4 is 10.6 Å². The lowest BCUT2D eigenvalue weighted by Gasteiger charge is -2.13. The summed E-state index contributed by atoms with van der Waals surface area (Å²) in [6.07, 6.45) is 13.0. The van der Waals surface area contributed by atoms with E-state index in [1.807, 2.05) is 12.1 Å². The van der Waals surface area contributed by atoms with Crippen LogP contribution in [0.25, 0.3) is 5.82 Å². The molecule has 0 atom stereocenters. The normalized spacial score (nSPS) is 14.1. The largest absolute Gasteiger partial charge is 0.338 e. The average Bonchev–Trinajstić information content (AvgIpc) is 3.16. The summed E-state index contributed by atoms with van der Waals surface area (Å²) >= 11 is 0. The van der Waals surface area contributed by atoms with Crippen LogP contribution in [0.1, 0.15) is 37.7 Å². The fourth-order valence-electron chi connectivity index (χ4n) is 2.70. The van der Waals surface area contributed by atoms with Gasteiger partial charge >= 0.3 is 6.03 Å². The molecule has 7 heteroatoms. The first-order chi connectivity index (χ1) is 11.8. The topological polar surface area (TPSA) is 84.7 Å². The van der Waals surface area contributed by atoms with E-state index in [4.69, 9.17) is 0 Å². The van der Waals surface area contributed by atoms with Crippen LogP contribution in [0.3, 0.4) is 0 Å². The SMILES string of the molecule is O=C(NCCC1=CCCCC1)NCc1ccc(-n2cncn2)nc1. The third-order valence-corrected chi connectivity index (χ3v) is 4.03. The molecular weight excluding hydrogens is 304 g/mol. The molecule has 2 aromatic heterocycles. The maximum Gasteiger partial charge on any atom is 0.315 e. The number of allylic oxidation sites excluding steroid dienone is 1. The Kier molecular flexibility index (Phi) is 5.55. The standard InChI is InChI=1S/C17H22N6O/c24-17(19-9-8-14-4-2-1-3-5-14)21-11-15-6-7-16(20-10-15)23-13-18-12-22-23/h4,6-7,10,12-13H,1-3,5,8-9,11H2,(H2,19,21,24). The first kappa shape index (κ1) is 16.2. The Morgan fingerprint density at radius 3 is 2.92 bits per heavy atom. The number of aromatic nitrogens is 4. The number of hydrogen-bond donors (Lipinski definition) is 2. The van der Waals surface area contributed by atoms with E-state index in [1.165, 1.54) is 37.6 Å². The Labute approximate surface area is 141 Å². The van der Waals surface area contributed by atoms with E-state index >= 15 is 0 Å². The number of hydrogen-bond acceptors (Lipinski definition) is 4. The van der Waals surface area contributed by atoms with Crippen molar-refractivity contribution in [2.24, 2.45) is 0 Å². The summed E-state index contributed by atoms with van der Waals surface area (Å²) in [5.41, 5.74) is 2.40. The van der Waals surface area contributed by atoms with Gasteiger partial charge in [0.1, 0.15) is 12.7 Å². The highest BCUT2D eigenvalue weighted by molar-refractivity contribution is 5.73. The summed E-state index contributed by atoms with van der Waals surface area (Å²) in [4.78, 5) is 20.0. The number of carbonyl (C=O) groups excluding carboxylic acids is 1. The second-order valence-corrected chi connectivity index (χ2v) is 5.83. The molecule has 126 valence electrons. The molecule has 0 fully saturated rings. The lowest BCUT2D eigenvalue weighted by atomic mass is 9.97. The van der Waals surface area contributed by atoms with Gasteiger partial charge in [0.15, 0.2) is 5.82 Å². The van der Waals surface area contributed by atoms with Gasteiger partial charge in [-0.25, -0.2) is 19.4 Å². The molecular formula is C17H22N6O. The zero-order chi connectivity index (χ0) is 16.6. The fourth-order valence-corrected chi connectivity index (χ4v) is 2.70. The first-order valence-electron chi connectivity index (χ1n) is 8.31.